The van der Waals surface area contributed by atoms with E-state index in [-0.39, 0.29) is 11.1 Å². The van der Waals surface area contributed by atoms with E-state index >= 15 is 0 Å². The molecule has 86 valence electrons. The summed E-state index contributed by atoms with van der Waals surface area (Å²) in [5, 5.41) is 18.7. The summed E-state index contributed by atoms with van der Waals surface area (Å²) in [6.45, 7) is 0. The minimum absolute atomic E-state index is 0.0632. The van der Waals surface area contributed by atoms with Gasteiger partial charge < -0.3 is 21.7 Å². The molecule has 2 atom stereocenters. The molecule has 0 aliphatic carbocycles. The molecule has 0 radical (unpaired) electrons. The highest BCUT2D eigenvalue weighted by molar-refractivity contribution is 5.92. The maximum atomic E-state index is 10.8. The Labute approximate surface area is 90.7 Å². The van der Waals surface area contributed by atoms with E-state index in [1.807, 2.05) is 0 Å². The maximum absolute atomic E-state index is 10.8. The zero-order valence-corrected chi connectivity index (χ0v) is 8.20. The van der Waals surface area contributed by atoms with Crippen molar-refractivity contribution in [1.29, 1.82) is 0 Å². The van der Waals surface area contributed by atoms with Gasteiger partial charge in [-0.25, -0.2) is 0 Å². The number of aromatic nitrogens is 1. The van der Waals surface area contributed by atoms with Gasteiger partial charge in [0.1, 0.15) is 6.10 Å². The fourth-order valence-electron chi connectivity index (χ4n) is 1.09. The molecule has 0 aliphatic rings. The van der Waals surface area contributed by atoms with Crippen LogP contribution in [0.1, 0.15) is 22.0 Å². The number of aliphatic hydroxyl groups excluding tert-OH is 2. The first kappa shape index (κ1) is 12.1. The van der Waals surface area contributed by atoms with Crippen LogP contribution in [0.5, 0.6) is 0 Å². The molecule has 7 heteroatoms. The molecule has 1 aromatic heterocycles. The molecular weight excluding hydrogens is 214 g/mol. The van der Waals surface area contributed by atoms with E-state index in [0.29, 0.717) is 0 Å². The SMILES string of the molecule is NC(=O)c1cncc(C(O)C(O)C(N)=O)c1. The molecule has 0 fully saturated rings. The fraction of sp³-hybridized carbons (Fsp3) is 0.222. The van der Waals surface area contributed by atoms with Crippen LogP contribution in [0, 0.1) is 0 Å². The third-order valence-electron chi connectivity index (χ3n) is 1.98. The molecule has 1 heterocycles. The molecule has 0 spiro atoms. The second-order valence-electron chi connectivity index (χ2n) is 3.16. The molecule has 0 aromatic carbocycles. The monoisotopic (exact) mass is 225 g/mol. The molecule has 0 bridgehead atoms. The van der Waals surface area contributed by atoms with Gasteiger partial charge >= 0.3 is 0 Å². The van der Waals surface area contributed by atoms with Crippen molar-refractivity contribution in [1.82, 2.24) is 4.98 Å². The van der Waals surface area contributed by atoms with Gasteiger partial charge in [-0.1, -0.05) is 0 Å². The summed E-state index contributed by atoms with van der Waals surface area (Å²) in [5.41, 5.74) is 9.96. The average Bonchev–Trinajstić information content (AvgIpc) is 2.27. The molecule has 0 saturated carbocycles. The van der Waals surface area contributed by atoms with Crippen molar-refractivity contribution in [3.63, 3.8) is 0 Å². The smallest absolute Gasteiger partial charge is 0.250 e. The van der Waals surface area contributed by atoms with Gasteiger partial charge in [0.25, 0.3) is 0 Å². The summed E-state index contributed by atoms with van der Waals surface area (Å²) >= 11 is 0. The van der Waals surface area contributed by atoms with E-state index in [0.717, 1.165) is 0 Å². The Morgan fingerprint density at radius 3 is 2.38 bits per heavy atom. The number of carbonyl (C=O) groups is 2. The van der Waals surface area contributed by atoms with E-state index in [9.17, 15) is 19.8 Å². The first-order valence-electron chi connectivity index (χ1n) is 4.33. The lowest BCUT2D eigenvalue weighted by Crippen LogP contribution is -2.34. The van der Waals surface area contributed by atoms with Crippen LogP contribution in [-0.4, -0.2) is 33.1 Å². The Kier molecular flexibility index (Phi) is 3.54. The number of nitrogens with two attached hydrogens (primary N) is 2. The van der Waals surface area contributed by atoms with Gasteiger partial charge in [-0.15, -0.1) is 0 Å². The zero-order valence-electron chi connectivity index (χ0n) is 8.20. The molecule has 7 nitrogen and oxygen atoms in total. The topological polar surface area (TPSA) is 140 Å². The standard InChI is InChI=1S/C9H11N3O4/c10-8(15)5-1-4(2-12-3-5)6(13)7(14)9(11)16/h1-3,6-7,13-14H,(H2,10,15)(H2,11,16). The largest absolute Gasteiger partial charge is 0.385 e. The first-order valence-corrected chi connectivity index (χ1v) is 4.33. The molecule has 1 rings (SSSR count). The van der Waals surface area contributed by atoms with E-state index in [1.165, 1.54) is 18.5 Å². The Bertz CT molecular complexity index is 421. The van der Waals surface area contributed by atoms with Crippen molar-refractivity contribution in [2.45, 2.75) is 12.2 Å². The van der Waals surface area contributed by atoms with Gasteiger partial charge in [-0.3, -0.25) is 14.6 Å². The van der Waals surface area contributed by atoms with E-state index in [4.69, 9.17) is 11.5 Å². The Hall–Kier alpha value is -1.99. The number of nitrogens with zero attached hydrogens (tertiary/aromatic N) is 1. The first-order chi connectivity index (χ1) is 7.43. The fourth-order valence-corrected chi connectivity index (χ4v) is 1.09. The lowest BCUT2D eigenvalue weighted by Gasteiger charge is -2.14. The summed E-state index contributed by atoms with van der Waals surface area (Å²) in [5.74, 6) is -1.80. The highest BCUT2D eigenvalue weighted by Crippen LogP contribution is 2.16. The number of amides is 2. The molecule has 1 aromatic rings. The van der Waals surface area contributed by atoms with Gasteiger partial charge in [-0.2, -0.15) is 0 Å². The second-order valence-corrected chi connectivity index (χ2v) is 3.16. The zero-order chi connectivity index (χ0) is 12.3. The lowest BCUT2D eigenvalue weighted by molar-refractivity contribution is -0.131. The number of primary amides is 2. The van der Waals surface area contributed by atoms with Crippen molar-refractivity contribution in [2.24, 2.45) is 11.5 Å². The Morgan fingerprint density at radius 2 is 1.88 bits per heavy atom. The van der Waals surface area contributed by atoms with Crippen molar-refractivity contribution in [3.05, 3.63) is 29.6 Å². The third-order valence-corrected chi connectivity index (χ3v) is 1.98. The van der Waals surface area contributed by atoms with Gasteiger partial charge in [0.2, 0.25) is 11.8 Å². The number of rotatable bonds is 4. The van der Waals surface area contributed by atoms with Crippen molar-refractivity contribution < 1.29 is 19.8 Å². The molecule has 0 aliphatic heterocycles. The number of aliphatic hydroxyl groups is 2. The van der Waals surface area contributed by atoms with E-state index < -0.39 is 24.0 Å². The normalized spacial score (nSPS) is 14.1. The minimum Gasteiger partial charge on any atom is -0.385 e. The van der Waals surface area contributed by atoms with Crippen molar-refractivity contribution in [3.8, 4) is 0 Å². The summed E-state index contributed by atoms with van der Waals surface area (Å²) in [6, 6.07) is 1.23. The van der Waals surface area contributed by atoms with Gasteiger partial charge in [-0.05, 0) is 6.07 Å². The quantitative estimate of drug-likeness (QED) is 0.472. The summed E-state index contributed by atoms with van der Waals surface area (Å²) < 4.78 is 0. The highest BCUT2D eigenvalue weighted by Gasteiger charge is 2.24. The van der Waals surface area contributed by atoms with Gasteiger partial charge in [0.05, 0.1) is 5.56 Å². The summed E-state index contributed by atoms with van der Waals surface area (Å²) in [6.07, 6.45) is -0.896. The molecule has 2 unspecified atom stereocenters. The third kappa shape index (κ3) is 2.53. The number of pyridine rings is 1. The Balaban J connectivity index is 3.00. The minimum atomic E-state index is -1.76. The van der Waals surface area contributed by atoms with Crippen molar-refractivity contribution in [2.75, 3.05) is 0 Å². The summed E-state index contributed by atoms with van der Waals surface area (Å²) in [4.78, 5) is 25.1. The molecule has 16 heavy (non-hydrogen) atoms. The molecule has 6 N–H and O–H groups in total. The highest BCUT2D eigenvalue weighted by atomic mass is 16.3. The van der Waals surface area contributed by atoms with Gasteiger partial charge in [0, 0.05) is 18.0 Å². The van der Waals surface area contributed by atoms with Crippen molar-refractivity contribution >= 4 is 11.8 Å². The van der Waals surface area contributed by atoms with Crippen LogP contribution in [0.3, 0.4) is 0 Å². The molecule has 0 saturated heterocycles. The molecule has 2 amide bonds. The average molecular weight is 225 g/mol. The van der Waals surface area contributed by atoms with Crippen LogP contribution in [0.15, 0.2) is 18.5 Å². The van der Waals surface area contributed by atoms with Crippen LogP contribution < -0.4 is 11.5 Å². The predicted octanol–water partition coefficient (Wildman–Crippen LogP) is -1.94. The van der Waals surface area contributed by atoms with Crippen LogP contribution in [-0.2, 0) is 4.79 Å². The van der Waals surface area contributed by atoms with E-state index in [1.54, 1.807) is 0 Å². The van der Waals surface area contributed by atoms with Crippen LogP contribution in [0.2, 0.25) is 0 Å². The molecular formula is C9H11N3O4. The number of carbonyl (C=O) groups excluding carboxylic acids is 2. The predicted molar refractivity (Wildman–Crippen MR) is 52.9 cm³/mol. The van der Waals surface area contributed by atoms with Crippen LogP contribution >= 0.6 is 0 Å². The van der Waals surface area contributed by atoms with Crippen LogP contribution in [0.25, 0.3) is 0 Å². The number of hydrogen-bond donors (Lipinski definition) is 4. The summed E-state index contributed by atoms with van der Waals surface area (Å²) in [7, 11) is 0. The van der Waals surface area contributed by atoms with Gasteiger partial charge in [0.15, 0.2) is 6.10 Å². The maximum Gasteiger partial charge on any atom is 0.250 e. The Morgan fingerprint density at radius 1 is 1.25 bits per heavy atom. The van der Waals surface area contributed by atoms with E-state index in [2.05, 4.69) is 4.98 Å². The lowest BCUT2D eigenvalue weighted by atomic mass is 10.0. The second kappa shape index (κ2) is 4.69. The van der Waals surface area contributed by atoms with Crippen LogP contribution in [0.4, 0.5) is 0 Å². The number of hydrogen-bond acceptors (Lipinski definition) is 5.